The Labute approximate surface area is 716 Å². The maximum absolute atomic E-state index is 2.38. The molecule has 21 aromatic carbocycles. The lowest BCUT2D eigenvalue weighted by Crippen LogP contribution is -1.95. The number of nitrogens with zero attached hydrogens (tertiary/aromatic N) is 3. The Morgan fingerprint density at radius 2 is 0.366 bits per heavy atom. The molecule has 0 radical (unpaired) electrons. The summed E-state index contributed by atoms with van der Waals surface area (Å²) in [6.07, 6.45) is 0. The Morgan fingerprint density at radius 3 is 0.642 bits per heavy atom. The highest BCUT2D eigenvalue weighted by Gasteiger charge is 2.24. The van der Waals surface area contributed by atoms with Crippen molar-refractivity contribution in [3.63, 3.8) is 0 Å². The zero-order chi connectivity index (χ0) is 82.5. The van der Waals surface area contributed by atoms with Gasteiger partial charge in [-0.3, -0.25) is 0 Å². The Morgan fingerprint density at radius 1 is 0.138 bits per heavy atom. The van der Waals surface area contributed by atoms with Gasteiger partial charge in [0.1, 0.15) is 0 Å². The van der Waals surface area contributed by atoms with E-state index in [0.717, 1.165) is 0 Å². The third kappa shape index (κ3) is 12.4. The Hall–Kier alpha value is -15.4. The number of para-hydroxylation sites is 6. The van der Waals surface area contributed by atoms with Gasteiger partial charge in [-0.05, 0) is 268 Å². The summed E-state index contributed by atoms with van der Waals surface area (Å²) in [6.45, 7) is 13.3. The molecule has 3 heterocycles. The molecule has 123 heavy (non-hydrogen) atoms. The monoisotopic (exact) mass is 1570 g/mol. The van der Waals surface area contributed by atoms with Gasteiger partial charge in [-0.25, -0.2) is 0 Å². The van der Waals surface area contributed by atoms with Crippen molar-refractivity contribution in [2.45, 2.75) is 41.5 Å². The number of hydrogen-bond acceptors (Lipinski definition) is 0. The Bertz CT molecular complexity index is 8000. The van der Waals surface area contributed by atoms with Gasteiger partial charge in [0.2, 0.25) is 0 Å². The molecule has 0 unspecified atom stereocenters. The number of benzene rings is 21. The van der Waals surface area contributed by atoms with Crippen LogP contribution in [-0.2, 0) is 0 Å². The van der Waals surface area contributed by atoms with Gasteiger partial charge in [-0.2, -0.15) is 0 Å². The molecule has 0 aliphatic rings. The maximum atomic E-state index is 2.38. The average Bonchev–Trinajstić information content (AvgIpc) is 1.74. The van der Waals surface area contributed by atoms with Gasteiger partial charge in [0.15, 0.2) is 0 Å². The Kier molecular flexibility index (Phi) is 18.3. The van der Waals surface area contributed by atoms with E-state index in [9.17, 15) is 0 Å². The van der Waals surface area contributed by atoms with Crippen LogP contribution in [0.1, 0.15) is 33.4 Å². The van der Waals surface area contributed by atoms with Crippen LogP contribution in [0.25, 0.3) is 214 Å². The second-order valence-electron chi connectivity index (χ2n) is 33.2. The second kappa shape index (κ2) is 30.4. The molecule has 24 rings (SSSR count). The third-order valence-electron chi connectivity index (χ3n) is 25.8. The van der Waals surface area contributed by atoms with Crippen LogP contribution in [0, 0.1) is 41.5 Å². The fourth-order valence-corrected chi connectivity index (χ4v) is 20.4. The van der Waals surface area contributed by atoms with Gasteiger partial charge in [0.05, 0.1) is 33.1 Å². The molecule has 0 spiro atoms. The third-order valence-corrected chi connectivity index (χ3v) is 25.8. The van der Waals surface area contributed by atoms with Gasteiger partial charge in [-0.15, -0.1) is 0 Å². The van der Waals surface area contributed by atoms with Crippen molar-refractivity contribution in [2.75, 3.05) is 0 Å². The predicted octanol–water partition coefficient (Wildman–Crippen LogP) is 33.1. The van der Waals surface area contributed by atoms with Gasteiger partial charge >= 0.3 is 0 Å². The second-order valence-corrected chi connectivity index (χ2v) is 33.2. The van der Waals surface area contributed by atoms with Crippen molar-refractivity contribution in [3.05, 3.63) is 452 Å². The first-order valence-corrected chi connectivity index (χ1v) is 42.9. The smallest absolute Gasteiger partial charge is 0.0541 e. The van der Waals surface area contributed by atoms with Crippen LogP contribution in [-0.4, -0.2) is 13.7 Å². The molecular formula is C120H87N3. The summed E-state index contributed by atoms with van der Waals surface area (Å²) in [7, 11) is 0. The van der Waals surface area contributed by atoms with E-state index in [-0.39, 0.29) is 0 Å². The largest absolute Gasteiger partial charge is 0.309 e. The van der Waals surface area contributed by atoms with E-state index < -0.39 is 0 Å². The molecule has 3 nitrogen and oxygen atoms in total. The predicted molar refractivity (Wildman–Crippen MR) is 528 cm³/mol. The minimum atomic E-state index is 1.17. The molecule has 0 N–H and O–H groups in total. The molecular weight excluding hydrogens is 1480 g/mol. The fourth-order valence-electron chi connectivity index (χ4n) is 20.4. The van der Waals surface area contributed by atoms with Crippen LogP contribution in [0.4, 0.5) is 0 Å². The minimum absolute atomic E-state index is 1.17. The Balaban J connectivity index is 0.000000110. The van der Waals surface area contributed by atoms with E-state index in [2.05, 4.69) is 474 Å². The van der Waals surface area contributed by atoms with Crippen LogP contribution in [0.3, 0.4) is 0 Å². The van der Waals surface area contributed by atoms with E-state index in [1.165, 1.54) is 247 Å². The number of aromatic nitrogens is 3. The van der Waals surface area contributed by atoms with Gasteiger partial charge in [-0.1, -0.05) is 357 Å². The highest BCUT2D eigenvalue weighted by molar-refractivity contribution is 6.25. The summed E-state index contributed by atoms with van der Waals surface area (Å²) >= 11 is 0. The standard InChI is InChI=1S/3C40H29N/c1-26-12-11-13-27(2)38(26)40-34-18-5-3-16-32(34)39(33-17-4-6-19-35(33)40)28-22-24-29(25-23-28)41-36-20-9-7-14-30(36)31-15-8-10-21-37(31)41;1-26-19-24-30(27(2)25-26)40-35-15-5-3-13-33(35)39(34-14-4-6-16-36(34)40)28-20-22-29(23-21-28)41-37-17-9-7-11-31(37)32-12-8-10-18-38(32)41;1-26-19-20-27(2)36(25-26)40-34-15-5-3-13-32(34)39(33-14-4-6-16-35(33)40)28-21-23-29(24-22-28)41-37-17-9-7-11-30(37)31-12-8-10-18-38(31)41/h3*3-25H,1-2H3. The van der Waals surface area contributed by atoms with Crippen molar-refractivity contribution < 1.29 is 0 Å². The lowest BCUT2D eigenvalue weighted by atomic mass is 9.83. The molecule has 0 bridgehead atoms. The van der Waals surface area contributed by atoms with Crippen molar-refractivity contribution in [2.24, 2.45) is 0 Å². The first kappa shape index (κ1) is 73.9. The normalized spacial score (nSPS) is 11.7. The van der Waals surface area contributed by atoms with E-state index in [0.29, 0.717) is 0 Å². The molecule has 0 atom stereocenters. The van der Waals surface area contributed by atoms with Gasteiger partial charge < -0.3 is 13.7 Å². The molecule has 3 heteroatoms. The maximum Gasteiger partial charge on any atom is 0.0541 e. The summed E-state index contributed by atoms with van der Waals surface area (Å²) in [5.41, 5.74) is 34.2. The zero-order valence-electron chi connectivity index (χ0n) is 69.7. The van der Waals surface area contributed by atoms with Crippen LogP contribution in [0.5, 0.6) is 0 Å². The molecule has 3 aromatic heterocycles. The summed E-state index contributed by atoms with van der Waals surface area (Å²) in [5, 5.41) is 23.2. The zero-order valence-corrected chi connectivity index (χ0v) is 69.7. The summed E-state index contributed by atoms with van der Waals surface area (Å²) in [4.78, 5) is 0. The lowest BCUT2D eigenvalue weighted by Gasteiger charge is -2.20. The number of rotatable bonds is 9. The molecule has 0 saturated carbocycles. The highest BCUT2D eigenvalue weighted by atomic mass is 15.0. The average molecular weight is 1570 g/mol. The first-order valence-electron chi connectivity index (χ1n) is 42.9. The summed E-state index contributed by atoms with van der Waals surface area (Å²) in [6, 6.07) is 153. The van der Waals surface area contributed by atoms with Crippen molar-refractivity contribution in [1.82, 2.24) is 13.7 Å². The summed E-state index contributed by atoms with van der Waals surface area (Å²) in [5.74, 6) is 0. The van der Waals surface area contributed by atoms with Crippen LogP contribution < -0.4 is 0 Å². The van der Waals surface area contributed by atoms with Gasteiger partial charge in [0.25, 0.3) is 0 Å². The van der Waals surface area contributed by atoms with E-state index in [4.69, 9.17) is 0 Å². The van der Waals surface area contributed by atoms with E-state index in [1.807, 2.05) is 0 Å². The molecule has 0 aliphatic heterocycles. The number of aryl methyl sites for hydroxylation is 6. The molecule has 582 valence electrons. The molecule has 0 amide bonds. The van der Waals surface area contributed by atoms with Crippen LogP contribution in [0.15, 0.2) is 419 Å². The molecule has 0 aliphatic carbocycles. The highest BCUT2D eigenvalue weighted by Crippen LogP contribution is 2.50. The fraction of sp³-hybridized carbons (Fsp3) is 0.0500. The quantitative estimate of drug-likeness (QED) is 0.128. The SMILES string of the molecule is Cc1ccc(-c2c3ccccc3c(-c3ccc(-n4c5ccccc5c5ccccc54)cc3)c3ccccc23)c(C)c1.Cc1ccc(C)c(-c2c3ccccc3c(-c3ccc(-n4c5ccccc5c5ccccc54)cc3)c3ccccc23)c1.Cc1cccc(C)c1-c1c2ccccc2c(-c2ccc(-n3c4ccccc4c4ccccc43)cc2)c2ccccc12. The topological polar surface area (TPSA) is 14.8 Å². The molecule has 24 aromatic rings. The van der Waals surface area contributed by atoms with Crippen LogP contribution in [0.2, 0.25) is 0 Å². The number of hydrogen-bond donors (Lipinski definition) is 0. The van der Waals surface area contributed by atoms with Crippen molar-refractivity contribution in [1.29, 1.82) is 0 Å². The van der Waals surface area contributed by atoms with Crippen LogP contribution >= 0.6 is 0 Å². The van der Waals surface area contributed by atoms with E-state index >= 15 is 0 Å². The lowest BCUT2D eigenvalue weighted by molar-refractivity contribution is 1.18. The molecule has 0 saturated heterocycles. The van der Waals surface area contributed by atoms with Crippen molar-refractivity contribution in [3.8, 4) is 83.8 Å². The molecule has 0 fully saturated rings. The first-order chi connectivity index (χ1) is 60.6. The summed E-state index contributed by atoms with van der Waals surface area (Å²) < 4.78 is 7.15. The van der Waals surface area contributed by atoms with Crippen molar-refractivity contribution >= 4 is 130 Å². The number of fused-ring (bicyclic) bond motifs is 15. The van der Waals surface area contributed by atoms with E-state index in [1.54, 1.807) is 0 Å². The van der Waals surface area contributed by atoms with Gasteiger partial charge in [0, 0.05) is 49.4 Å². The minimum Gasteiger partial charge on any atom is -0.309 e.